The van der Waals surface area contributed by atoms with Gasteiger partial charge in [-0.3, -0.25) is 4.98 Å². The van der Waals surface area contributed by atoms with Crippen LogP contribution in [-0.4, -0.2) is 22.7 Å². The lowest BCUT2D eigenvalue weighted by Gasteiger charge is -2.17. The van der Waals surface area contributed by atoms with Crippen molar-refractivity contribution < 1.29 is 5.11 Å². The molecule has 3 heteroatoms. The van der Waals surface area contributed by atoms with Gasteiger partial charge in [-0.25, -0.2) is 0 Å². The largest absolute Gasteiger partial charge is 0.392 e. The highest BCUT2D eigenvalue weighted by Crippen LogP contribution is 2.27. The second kappa shape index (κ2) is 5.97. The predicted molar refractivity (Wildman–Crippen MR) is 63.9 cm³/mol. The third kappa shape index (κ3) is 3.29. The summed E-state index contributed by atoms with van der Waals surface area (Å²) in [5.74, 6) is 0.510. The Hall–Kier alpha value is -0.930. The molecule has 1 fully saturated rings. The molecule has 1 aromatic rings. The summed E-state index contributed by atoms with van der Waals surface area (Å²) in [6.45, 7) is 1.42. The standard InChI is InChI=1S/C13H20N2O/c16-13(11-5-1-2-6-11)10-14-9-12-7-3-4-8-15-12/h3-4,7-8,11,13-14,16H,1-2,5-6,9-10H2. The van der Waals surface area contributed by atoms with Gasteiger partial charge >= 0.3 is 0 Å². The van der Waals surface area contributed by atoms with Crippen molar-refractivity contribution in [3.05, 3.63) is 30.1 Å². The van der Waals surface area contributed by atoms with Crippen molar-refractivity contribution in [2.24, 2.45) is 5.92 Å². The number of aliphatic hydroxyl groups excluding tert-OH is 1. The molecule has 0 saturated heterocycles. The number of hydrogen-bond donors (Lipinski definition) is 2. The average molecular weight is 220 g/mol. The van der Waals surface area contributed by atoms with Gasteiger partial charge in [-0.05, 0) is 30.9 Å². The fourth-order valence-electron chi connectivity index (χ4n) is 2.36. The summed E-state index contributed by atoms with van der Waals surface area (Å²) in [4.78, 5) is 4.23. The van der Waals surface area contributed by atoms with E-state index < -0.39 is 0 Å². The minimum atomic E-state index is -0.189. The first-order valence-electron chi connectivity index (χ1n) is 6.15. The van der Waals surface area contributed by atoms with Crippen LogP contribution in [0.2, 0.25) is 0 Å². The molecule has 2 N–H and O–H groups in total. The van der Waals surface area contributed by atoms with E-state index in [2.05, 4.69) is 10.3 Å². The van der Waals surface area contributed by atoms with Crippen molar-refractivity contribution in [2.45, 2.75) is 38.3 Å². The van der Waals surface area contributed by atoms with Gasteiger partial charge in [0, 0.05) is 19.3 Å². The van der Waals surface area contributed by atoms with Crippen LogP contribution in [0.25, 0.3) is 0 Å². The molecular formula is C13H20N2O. The Morgan fingerprint density at radius 1 is 1.38 bits per heavy atom. The van der Waals surface area contributed by atoms with Crippen molar-refractivity contribution in [2.75, 3.05) is 6.54 Å². The van der Waals surface area contributed by atoms with Gasteiger partial charge in [0.2, 0.25) is 0 Å². The highest BCUT2D eigenvalue weighted by Gasteiger charge is 2.22. The lowest BCUT2D eigenvalue weighted by atomic mass is 10.0. The minimum Gasteiger partial charge on any atom is -0.392 e. The Morgan fingerprint density at radius 3 is 2.88 bits per heavy atom. The lowest BCUT2D eigenvalue weighted by Crippen LogP contribution is -2.31. The molecule has 0 aromatic carbocycles. The van der Waals surface area contributed by atoms with E-state index in [1.54, 1.807) is 6.20 Å². The second-order valence-corrected chi connectivity index (χ2v) is 4.56. The Kier molecular flexibility index (Phi) is 4.31. The van der Waals surface area contributed by atoms with Gasteiger partial charge in [-0.1, -0.05) is 18.9 Å². The molecule has 1 aliphatic carbocycles. The molecule has 1 atom stereocenters. The van der Waals surface area contributed by atoms with Crippen LogP contribution in [0, 0.1) is 5.92 Å². The third-order valence-corrected chi connectivity index (χ3v) is 3.33. The SMILES string of the molecule is OC(CNCc1ccccn1)C1CCCC1. The van der Waals surface area contributed by atoms with E-state index >= 15 is 0 Å². The summed E-state index contributed by atoms with van der Waals surface area (Å²) in [7, 11) is 0. The number of rotatable bonds is 5. The monoisotopic (exact) mass is 220 g/mol. The van der Waals surface area contributed by atoms with E-state index in [4.69, 9.17) is 0 Å². The van der Waals surface area contributed by atoms with Crippen LogP contribution >= 0.6 is 0 Å². The molecule has 0 spiro atoms. The van der Waals surface area contributed by atoms with E-state index in [1.807, 2.05) is 18.2 Å². The quantitative estimate of drug-likeness (QED) is 0.794. The van der Waals surface area contributed by atoms with Crippen molar-refractivity contribution in [1.29, 1.82) is 0 Å². The maximum atomic E-state index is 9.94. The summed E-state index contributed by atoms with van der Waals surface area (Å²) >= 11 is 0. The molecule has 1 heterocycles. The fourth-order valence-corrected chi connectivity index (χ4v) is 2.36. The van der Waals surface area contributed by atoms with E-state index in [1.165, 1.54) is 25.7 Å². The first-order chi connectivity index (χ1) is 7.86. The van der Waals surface area contributed by atoms with Gasteiger partial charge in [0.15, 0.2) is 0 Å². The van der Waals surface area contributed by atoms with Gasteiger partial charge in [0.05, 0.1) is 11.8 Å². The predicted octanol–water partition coefficient (Wildman–Crippen LogP) is 1.72. The number of aliphatic hydroxyl groups is 1. The van der Waals surface area contributed by atoms with Crippen LogP contribution in [0.3, 0.4) is 0 Å². The Balaban J connectivity index is 1.67. The Bertz CT molecular complexity index is 296. The smallest absolute Gasteiger partial charge is 0.0692 e. The summed E-state index contributed by atoms with van der Waals surface area (Å²) in [6, 6.07) is 5.89. The molecule has 1 aliphatic rings. The number of nitrogens with zero attached hydrogens (tertiary/aromatic N) is 1. The summed E-state index contributed by atoms with van der Waals surface area (Å²) in [5, 5.41) is 13.2. The van der Waals surface area contributed by atoms with Crippen molar-refractivity contribution in [3.8, 4) is 0 Å². The molecular weight excluding hydrogens is 200 g/mol. The van der Waals surface area contributed by atoms with Crippen LogP contribution in [0.4, 0.5) is 0 Å². The maximum Gasteiger partial charge on any atom is 0.0692 e. The third-order valence-electron chi connectivity index (χ3n) is 3.33. The highest BCUT2D eigenvalue weighted by atomic mass is 16.3. The van der Waals surface area contributed by atoms with Gasteiger partial charge < -0.3 is 10.4 Å². The Morgan fingerprint density at radius 2 is 2.19 bits per heavy atom. The minimum absolute atomic E-state index is 0.189. The molecule has 1 unspecified atom stereocenters. The fraction of sp³-hybridized carbons (Fsp3) is 0.615. The van der Waals surface area contributed by atoms with Crippen LogP contribution in [0.15, 0.2) is 24.4 Å². The first-order valence-corrected chi connectivity index (χ1v) is 6.15. The molecule has 0 aliphatic heterocycles. The van der Waals surface area contributed by atoms with Crippen molar-refractivity contribution in [1.82, 2.24) is 10.3 Å². The highest BCUT2D eigenvalue weighted by molar-refractivity contribution is 5.02. The van der Waals surface area contributed by atoms with Gasteiger partial charge in [0.1, 0.15) is 0 Å². The number of pyridine rings is 1. The van der Waals surface area contributed by atoms with Crippen molar-refractivity contribution >= 4 is 0 Å². The molecule has 3 nitrogen and oxygen atoms in total. The van der Waals surface area contributed by atoms with E-state index in [0.717, 1.165) is 12.2 Å². The molecule has 16 heavy (non-hydrogen) atoms. The summed E-state index contributed by atoms with van der Waals surface area (Å²) < 4.78 is 0. The zero-order valence-electron chi connectivity index (χ0n) is 9.60. The Labute approximate surface area is 96.9 Å². The molecule has 0 radical (unpaired) electrons. The summed E-state index contributed by atoms with van der Waals surface area (Å²) in [5.41, 5.74) is 1.03. The van der Waals surface area contributed by atoms with Crippen LogP contribution in [0.5, 0.6) is 0 Å². The topological polar surface area (TPSA) is 45.1 Å². The maximum absolute atomic E-state index is 9.94. The first kappa shape index (κ1) is 11.6. The normalized spacial score (nSPS) is 18.8. The zero-order valence-corrected chi connectivity index (χ0v) is 9.60. The molecule has 1 aromatic heterocycles. The number of nitrogens with one attached hydrogen (secondary N) is 1. The van der Waals surface area contributed by atoms with Crippen LogP contribution in [0.1, 0.15) is 31.4 Å². The molecule has 2 rings (SSSR count). The molecule has 0 amide bonds. The van der Waals surface area contributed by atoms with Crippen molar-refractivity contribution in [3.63, 3.8) is 0 Å². The molecule has 88 valence electrons. The van der Waals surface area contributed by atoms with E-state index in [9.17, 15) is 5.11 Å². The second-order valence-electron chi connectivity index (χ2n) is 4.56. The van der Waals surface area contributed by atoms with Crippen LogP contribution < -0.4 is 5.32 Å². The molecule has 0 bridgehead atoms. The summed E-state index contributed by atoms with van der Waals surface area (Å²) in [6.07, 6.45) is 6.54. The number of hydrogen-bond acceptors (Lipinski definition) is 3. The van der Waals surface area contributed by atoms with E-state index in [-0.39, 0.29) is 6.10 Å². The van der Waals surface area contributed by atoms with Gasteiger partial charge in [-0.15, -0.1) is 0 Å². The number of aromatic nitrogens is 1. The van der Waals surface area contributed by atoms with E-state index in [0.29, 0.717) is 12.5 Å². The molecule has 1 saturated carbocycles. The average Bonchev–Trinajstić information content (AvgIpc) is 2.84. The lowest BCUT2D eigenvalue weighted by molar-refractivity contribution is 0.109. The van der Waals surface area contributed by atoms with Crippen LogP contribution in [-0.2, 0) is 6.54 Å². The van der Waals surface area contributed by atoms with Gasteiger partial charge in [-0.2, -0.15) is 0 Å². The van der Waals surface area contributed by atoms with Gasteiger partial charge in [0.25, 0.3) is 0 Å². The zero-order chi connectivity index (χ0) is 11.2.